The molecule has 1 unspecified atom stereocenters. The van der Waals surface area contributed by atoms with Crippen molar-refractivity contribution in [2.24, 2.45) is 5.73 Å². The van der Waals surface area contributed by atoms with Gasteiger partial charge in [0, 0.05) is 7.11 Å². The molecule has 1 amide bonds. The van der Waals surface area contributed by atoms with Gasteiger partial charge in [0.2, 0.25) is 5.91 Å². The number of carbonyl (C=O) groups excluding carboxylic acids is 1. The highest BCUT2D eigenvalue weighted by Crippen LogP contribution is 2.02. The average Bonchev–Trinajstić information content (AvgIpc) is 2.42. The molecule has 1 rings (SSSR count). The van der Waals surface area contributed by atoms with E-state index in [-0.39, 0.29) is 11.9 Å². The summed E-state index contributed by atoms with van der Waals surface area (Å²) in [6.45, 7) is 0.938. The first-order valence-electron chi connectivity index (χ1n) is 3.28. The number of carbonyl (C=O) groups is 1. The Bertz CT molecular complexity index is 99.9. The van der Waals surface area contributed by atoms with Crippen LogP contribution in [-0.2, 0) is 4.79 Å². The minimum atomic E-state index is -0.220. The molecular weight excluding hydrogens is 132 g/mol. The van der Waals surface area contributed by atoms with E-state index < -0.39 is 0 Å². The van der Waals surface area contributed by atoms with Crippen LogP contribution in [0.3, 0.4) is 0 Å². The van der Waals surface area contributed by atoms with Crippen molar-refractivity contribution in [3.63, 3.8) is 0 Å². The van der Waals surface area contributed by atoms with Gasteiger partial charge in [0.15, 0.2) is 0 Å². The fourth-order valence-corrected chi connectivity index (χ4v) is 0.927. The molecule has 1 heterocycles. The summed E-state index contributed by atoms with van der Waals surface area (Å²) in [4.78, 5) is 10.4. The van der Waals surface area contributed by atoms with Gasteiger partial charge in [0.05, 0.1) is 6.04 Å². The summed E-state index contributed by atoms with van der Waals surface area (Å²) in [5.41, 5.74) is 5.00. The van der Waals surface area contributed by atoms with Crippen molar-refractivity contribution in [3.8, 4) is 0 Å². The van der Waals surface area contributed by atoms with E-state index in [0.29, 0.717) is 0 Å². The van der Waals surface area contributed by atoms with Crippen molar-refractivity contribution >= 4 is 5.91 Å². The lowest BCUT2D eigenvalue weighted by Crippen LogP contribution is -2.36. The lowest BCUT2D eigenvalue weighted by atomic mass is 10.2. The standard InChI is InChI=1S/C5H10N2O.CH4O/c6-5(8)4-2-1-3-7-4;1-2/h4,7H,1-3H2,(H2,6,8);2H,1H3. The molecule has 1 aliphatic rings. The number of amides is 1. The fraction of sp³-hybridized carbons (Fsp3) is 0.833. The van der Waals surface area contributed by atoms with E-state index in [1.807, 2.05) is 0 Å². The van der Waals surface area contributed by atoms with Crippen LogP contribution in [0.2, 0.25) is 0 Å². The fourth-order valence-electron chi connectivity index (χ4n) is 0.927. The Morgan fingerprint density at radius 3 is 2.50 bits per heavy atom. The third kappa shape index (κ3) is 2.80. The molecule has 0 aromatic carbocycles. The molecule has 0 bridgehead atoms. The van der Waals surface area contributed by atoms with Crippen molar-refractivity contribution in [3.05, 3.63) is 0 Å². The highest BCUT2D eigenvalue weighted by atomic mass is 16.2. The van der Waals surface area contributed by atoms with Gasteiger partial charge in [-0.2, -0.15) is 0 Å². The molecule has 0 aromatic heterocycles. The summed E-state index contributed by atoms with van der Waals surface area (Å²) in [5, 5.41) is 9.98. The summed E-state index contributed by atoms with van der Waals surface area (Å²) in [6, 6.07) is -0.0463. The summed E-state index contributed by atoms with van der Waals surface area (Å²) >= 11 is 0. The number of primary amides is 1. The summed E-state index contributed by atoms with van der Waals surface area (Å²) in [7, 11) is 1.00. The Hall–Kier alpha value is -0.610. The van der Waals surface area contributed by atoms with E-state index in [9.17, 15) is 4.79 Å². The molecule has 4 nitrogen and oxygen atoms in total. The maximum absolute atomic E-state index is 10.4. The molecule has 0 aromatic rings. The number of aliphatic hydroxyl groups excluding tert-OH is 1. The maximum Gasteiger partial charge on any atom is 0.234 e. The summed E-state index contributed by atoms with van der Waals surface area (Å²) in [6.07, 6.45) is 1.99. The topological polar surface area (TPSA) is 75.3 Å². The first-order chi connectivity index (χ1) is 4.80. The quantitative estimate of drug-likeness (QED) is 0.436. The van der Waals surface area contributed by atoms with Crippen molar-refractivity contribution in [2.45, 2.75) is 18.9 Å². The van der Waals surface area contributed by atoms with Crippen LogP contribution >= 0.6 is 0 Å². The van der Waals surface area contributed by atoms with Crippen LogP contribution < -0.4 is 11.1 Å². The molecule has 1 fully saturated rings. The first kappa shape index (κ1) is 9.39. The second-order valence-corrected chi connectivity index (χ2v) is 2.05. The second-order valence-electron chi connectivity index (χ2n) is 2.05. The number of hydrogen-bond acceptors (Lipinski definition) is 3. The predicted molar refractivity (Wildman–Crippen MR) is 38.4 cm³/mol. The van der Waals surface area contributed by atoms with E-state index in [2.05, 4.69) is 5.32 Å². The molecule has 0 radical (unpaired) electrons. The molecule has 4 heteroatoms. The van der Waals surface area contributed by atoms with Crippen LogP contribution in [-0.4, -0.2) is 30.7 Å². The summed E-state index contributed by atoms with van der Waals surface area (Å²) in [5.74, 6) is -0.220. The SMILES string of the molecule is CO.NC(=O)C1CCCN1. The molecule has 1 atom stereocenters. The van der Waals surface area contributed by atoms with Crippen molar-refractivity contribution in [2.75, 3.05) is 13.7 Å². The van der Waals surface area contributed by atoms with Gasteiger partial charge in [-0.05, 0) is 19.4 Å². The number of nitrogens with one attached hydrogen (secondary N) is 1. The number of aliphatic hydroxyl groups is 1. The highest BCUT2D eigenvalue weighted by Gasteiger charge is 2.18. The van der Waals surface area contributed by atoms with Crippen LogP contribution in [0.5, 0.6) is 0 Å². The smallest absolute Gasteiger partial charge is 0.234 e. The Balaban J connectivity index is 0.000000371. The normalized spacial score (nSPS) is 23.2. The molecule has 0 saturated carbocycles. The Morgan fingerprint density at radius 2 is 2.30 bits per heavy atom. The third-order valence-corrected chi connectivity index (χ3v) is 1.40. The lowest BCUT2D eigenvalue weighted by molar-refractivity contribution is -0.119. The molecular formula is C6H14N2O2. The predicted octanol–water partition coefficient (Wildman–Crippen LogP) is -1.17. The molecule has 1 aliphatic heterocycles. The van der Waals surface area contributed by atoms with E-state index in [0.717, 1.165) is 26.5 Å². The van der Waals surface area contributed by atoms with E-state index in [1.165, 1.54) is 0 Å². The molecule has 0 aliphatic carbocycles. The van der Waals surface area contributed by atoms with Gasteiger partial charge in [0.25, 0.3) is 0 Å². The van der Waals surface area contributed by atoms with Crippen LogP contribution in [0.15, 0.2) is 0 Å². The van der Waals surface area contributed by atoms with Crippen LogP contribution in [0.4, 0.5) is 0 Å². The van der Waals surface area contributed by atoms with Crippen LogP contribution in [0.1, 0.15) is 12.8 Å². The van der Waals surface area contributed by atoms with Crippen LogP contribution in [0, 0.1) is 0 Å². The van der Waals surface area contributed by atoms with Crippen molar-refractivity contribution in [1.29, 1.82) is 0 Å². The zero-order valence-electron chi connectivity index (χ0n) is 6.13. The van der Waals surface area contributed by atoms with Gasteiger partial charge in [-0.1, -0.05) is 0 Å². The van der Waals surface area contributed by atoms with Gasteiger partial charge in [-0.3, -0.25) is 4.79 Å². The molecule has 60 valence electrons. The number of hydrogen-bond donors (Lipinski definition) is 3. The Kier molecular flexibility index (Phi) is 4.88. The van der Waals surface area contributed by atoms with E-state index >= 15 is 0 Å². The molecule has 1 saturated heterocycles. The van der Waals surface area contributed by atoms with Gasteiger partial charge in [-0.25, -0.2) is 0 Å². The van der Waals surface area contributed by atoms with Crippen LogP contribution in [0.25, 0.3) is 0 Å². The average molecular weight is 146 g/mol. The maximum atomic E-state index is 10.4. The van der Waals surface area contributed by atoms with Gasteiger partial charge in [-0.15, -0.1) is 0 Å². The van der Waals surface area contributed by atoms with E-state index in [4.69, 9.17) is 10.8 Å². The van der Waals surface area contributed by atoms with Crippen molar-refractivity contribution in [1.82, 2.24) is 5.32 Å². The largest absolute Gasteiger partial charge is 0.400 e. The number of nitrogens with two attached hydrogens (primary N) is 1. The monoisotopic (exact) mass is 146 g/mol. The molecule has 4 N–H and O–H groups in total. The minimum absolute atomic E-state index is 0.0463. The van der Waals surface area contributed by atoms with Crippen molar-refractivity contribution < 1.29 is 9.90 Å². The summed E-state index contributed by atoms with van der Waals surface area (Å²) < 4.78 is 0. The lowest BCUT2D eigenvalue weighted by Gasteiger charge is -2.01. The van der Waals surface area contributed by atoms with Gasteiger partial charge >= 0.3 is 0 Å². The highest BCUT2D eigenvalue weighted by molar-refractivity contribution is 5.80. The zero-order chi connectivity index (χ0) is 7.98. The van der Waals surface area contributed by atoms with E-state index in [1.54, 1.807) is 0 Å². The number of rotatable bonds is 1. The van der Waals surface area contributed by atoms with Gasteiger partial charge in [0.1, 0.15) is 0 Å². The Labute approximate surface area is 60.4 Å². The minimum Gasteiger partial charge on any atom is -0.400 e. The zero-order valence-corrected chi connectivity index (χ0v) is 6.13. The Morgan fingerprint density at radius 1 is 1.70 bits per heavy atom. The second kappa shape index (κ2) is 5.20. The molecule has 0 spiro atoms. The third-order valence-electron chi connectivity index (χ3n) is 1.40. The van der Waals surface area contributed by atoms with Gasteiger partial charge < -0.3 is 16.2 Å². The molecule has 10 heavy (non-hydrogen) atoms. The first-order valence-corrected chi connectivity index (χ1v) is 3.28.